The number of aliphatic hydroxyl groups is 1. The Morgan fingerprint density at radius 1 is 1.26 bits per heavy atom. The molecule has 5 nitrogen and oxygen atoms in total. The van der Waals surface area contributed by atoms with Crippen LogP contribution in [0.15, 0.2) is 17.5 Å². The second-order valence-corrected chi connectivity index (χ2v) is 9.77. The monoisotopic (exact) mass is 398 g/mol. The Bertz CT molecular complexity index is 526. The van der Waals surface area contributed by atoms with E-state index in [1.165, 1.54) is 12.8 Å². The van der Waals surface area contributed by atoms with Crippen molar-refractivity contribution in [3.05, 3.63) is 22.4 Å². The van der Waals surface area contributed by atoms with Crippen molar-refractivity contribution in [1.82, 2.24) is 10.6 Å². The number of rotatable bonds is 11. The second-order valence-electron chi connectivity index (χ2n) is 8.74. The molecule has 0 saturated heterocycles. The fourth-order valence-electron chi connectivity index (χ4n) is 2.79. The molecule has 156 valence electrons. The van der Waals surface area contributed by atoms with Crippen molar-refractivity contribution in [2.24, 2.45) is 5.92 Å². The largest absolute Gasteiger partial charge is 0.444 e. The molecule has 1 aromatic heterocycles. The van der Waals surface area contributed by atoms with Gasteiger partial charge in [0, 0.05) is 23.9 Å². The highest BCUT2D eigenvalue weighted by Gasteiger charge is 2.25. The summed E-state index contributed by atoms with van der Waals surface area (Å²) in [5.74, 6) is 0.719. The minimum Gasteiger partial charge on any atom is -0.444 e. The van der Waals surface area contributed by atoms with Crippen LogP contribution in [-0.2, 0) is 11.2 Å². The minimum atomic E-state index is -0.688. The quantitative estimate of drug-likeness (QED) is 0.518. The van der Waals surface area contributed by atoms with E-state index in [0.29, 0.717) is 19.0 Å². The molecule has 0 aliphatic carbocycles. The molecule has 1 rings (SSSR count). The lowest BCUT2D eigenvalue weighted by Crippen LogP contribution is -2.50. The number of ether oxygens (including phenoxy) is 1. The van der Waals surface area contributed by atoms with E-state index in [1.54, 1.807) is 11.3 Å². The molecule has 0 radical (unpaired) electrons. The van der Waals surface area contributed by atoms with Crippen LogP contribution in [0.3, 0.4) is 0 Å². The molecule has 0 aliphatic rings. The van der Waals surface area contributed by atoms with Crippen LogP contribution < -0.4 is 10.6 Å². The van der Waals surface area contributed by atoms with E-state index in [2.05, 4.69) is 31.4 Å². The van der Waals surface area contributed by atoms with Gasteiger partial charge in [-0.25, -0.2) is 4.79 Å². The zero-order valence-corrected chi connectivity index (χ0v) is 18.6. The van der Waals surface area contributed by atoms with Crippen LogP contribution in [0, 0.1) is 5.92 Å². The molecule has 0 saturated carbocycles. The van der Waals surface area contributed by atoms with Crippen molar-refractivity contribution in [3.63, 3.8) is 0 Å². The van der Waals surface area contributed by atoms with Crippen LogP contribution in [0.2, 0.25) is 0 Å². The first-order valence-electron chi connectivity index (χ1n) is 10.00. The first-order chi connectivity index (χ1) is 12.6. The number of hydrogen-bond acceptors (Lipinski definition) is 5. The molecule has 3 N–H and O–H groups in total. The number of amides is 1. The van der Waals surface area contributed by atoms with Crippen molar-refractivity contribution < 1.29 is 14.6 Å². The summed E-state index contributed by atoms with van der Waals surface area (Å²) in [7, 11) is 0. The number of nitrogens with one attached hydrogen (secondary N) is 2. The maximum absolute atomic E-state index is 12.2. The Labute approximate surface area is 168 Å². The number of carbonyl (C=O) groups is 1. The summed E-state index contributed by atoms with van der Waals surface area (Å²) < 4.78 is 5.36. The average Bonchev–Trinajstić information content (AvgIpc) is 3.02. The standard InChI is InChI=1S/C21H38N2O3S/c1-15(2)9-7-10-16(3)22-14-19(24)18(13-17-11-8-12-27-17)23-20(25)26-21(4,5)6/h8,11-12,15-16,18-19,22,24H,7,9-10,13-14H2,1-6H3,(H,23,25)/t16?,18-,19+/m0/s1. The summed E-state index contributed by atoms with van der Waals surface area (Å²) in [6, 6.07) is 3.94. The van der Waals surface area contributed by atoms with E-state index in [0.717, 1.165) is 17.2 Å². The molecule has 3 atom stereocenters. The molecule has 0 spiro atoms. The van der Waals surface area contributed by atoms with Gasteiger partial charge in [0.25, 0.3) is 0 Å². The van der Waals surface area contributed by atoms with Gasteiger partial charge in [-0.15, -0.1) is 11.3 Å². The molecule has 0 aliphatic heterocycles. The predicted octanol–water partition coefficient (Wildman–Crippen LogP) is 4.35. The zero-order chi connectivity index (χ0) is 20.4. The van der Waals surface area contributed by atoms with Crippen LogP contribution in [0.25, 0.3) is 0 Å². The fraction of sp³-hybridized carbons (Fsp3) is 0.762. The normalized spacial score (nSPS) is 15.4. The predicted molar refractivity (Wildman–Crippen MR) is 113 cm³/mol. The van der Waals surface area contributed by atoms with Crippen molar-refractivity contribution in [1.29, 1.82) is 0 Å². The molecule has 1 unspecified atom stereocenters. The van der Waals surface area contributed by atoms with Crippen LogP contribution in [0.5, 0.6) is 0 Å². The molecule has 1 aromatic rings. The molecule has 27 heavy (non-hydrogen) atoms. The number of thiophene rings is 1. The van der Waals surface area contributed by atoms with Gasteiger partial charge >= 0.3 is 6.09 Å². The Hall–Kier alpha value is -1.11. The number of alkyl carbamates (subject to hydrolysis) is 1. The first-order valence-corrected chi connectivity index (χ1v) is 10.9. The molecular formula is C21H38N2O3S. The number of aliphatic hydroxyl groups excluding tert-OH is 1. The second kappa shape index (κ2) is 11.7. The van der Waals surface area contributed by atoms with E-state index in [-0.39, 0.29) is 0 Å². The summed E-state index contributed by atoms with van der Waals surface area (Å²) in [4.78, 5) is 13.3. The molecule has 6 heteroatoms. The van der Waals surface area contributed by atoms with E-state index in [9.17, 15) is 9.90 Å². The topological polar surface area (TPSA) is 70.6 Å². The van der Waals surface area contributed by atoms with Crippen LogP contribution in [0.4, 0.5) is 4.79 Å². The fourth-order valence-corrected chi connectivity index (χ4v) is 3.55. The summed E-state index contributed by atoms with van der Waals surface area (Å²) in [5.41, 5.74) is -0.564. The van der Waals surface area contributed by atoms with E-state index < -0.39 is 23.8 Å². The Kier molecular flexibility index (Phi) is 10.3. The minimum absolute atomic E-state index is 0.335. The lowest BCUT2D eigenvalue weighted by molar-refractivity contribution is 0.0421. The maximum Gasteiger partial charge on any atom is 0.407 e. The molecule has 1 heterocycles. The highest BCUT2D eigenvalue weighted by Crippen LogP contribution is 2.14. The summed E-state index contributed by atoms with van der Waals surface area (Å²) in [5, 5.41) is 18.9. The summed E-state index contributed by atoms with van der Waals surface area (Å²) in [6.07, 6.45) is 2.88. The third-order valence-corrected chi connectivity index (χ3v) is 5.16. The van der Waals surface area contributed by atoms with Crippen LogP contribution >= 0.6 is 11.3 Å². The van der Waals surface area contributed by atoms with E-state index in [1.807, 2.05) is 38.3 Å². The van der Waals surface area contributed by atoms with Gasteiger partial charge in [-0.3, -0.25) is 0 Å². The molecular weight excluding hydrogens is 360 g/mol. The highest BCUT2D eigenvalue weighted by atomic mass is 32.1. The zero-order valence-electron chi connectivity index (χ0n) is 17.7. The van der Waals surface area contributed by atoms with Crippen LogP contribution in [0.1, 0.15) is 65.7 Å². The number of carbonyl (C=O) groups excluding carboxylic acids is 1. The van der Waals surface area contributed by atoms with Gasteiger partial charge in [-0.2, -0.15) is 0 Å². The van der Waals surface area contributed by atoms with Crippen molar-refractivity contribution in [2.75, 3.05) is 6.54 Å². The van der Waals surface area contributed by atoms with Crippen molar-refractivity contribution in [2.45, 2.75) is 91.0 Å². The van der Waals surface area contributed by atoms with E-state index in [4.69, 9.17) is 4.74 Å². The van der Waals surface area contributed by atoms with Gasteiger partial charge < -0.3 is 20.5 Å². The summed E-state index contributed by atoms with van der Waals surface area (Å²) >= 11 is 1.62. The Morgan fingerprint density at radius 3 is 2.52 bits per heavy atom. The first kappa shape index (κ1) is 23.9. The van der Waals surface area contributed by atoms with Gasteiger partial charge in [0.1, 0.15) is 5.60 Å². The molecule has 1 amide bonds. The van der Waals surface area contributed by atoms with Gasteiger partial charge in [0.05, 0.1) is 12.1 Å². The van der Waals surface area contributed by atoms with Gasteiger partial charge in [0.2, 0.25) is 0 Å². The summed E-state index contributed by atoms with van der Waals surface area (Å²) in [6.45, 7) is 12.5. The van der Waals surface area contributed by atoms with Crippen LogP contribution in [-0.4, -0.2) is 41.5 Å². The average molecular weight is 399 g/mol. The van der Waals surface area contributed by atoms with E-state index >= 15 is 0 Å². The lowest BCUT2D eigenvalue weighted by Gasteiger charge is -2.27. The number of hydrogen-bond donors (Lipinski definition) is 3. The van der Waals surface area contributed by atoms with Gasteiger partial charge in [-0.1, -0.05) is 32.8 Å². The third kappa shape index (κ3) is 11.4. The third-order valence-electron chi connectivity index (χ3n) is 4.26. The maximum atomic E-state index is 12.2. The molecule has 0 fully saturated rings. The SMILES string of the molecule is CC(C)CCCC(C)NC[C@@H](O)[C@H](Cc1cccs1)NC(=O)OC(C)(C)C. The Balaban J connectivity index is 2.56. The smallest absolute Gasteiger partial charge is 0.407 e. The van der Waals surface area contributed by atoms with Gasteiger partial charge in [-0.05, 0) is 51.5 Å². The molecule has 0 bridgehead atoms. The lowest BCUT2D eigenvalue weighted by atomic mass is 10.0. The highest BCUT2D eigenvalue weighted by molar-refractivity contribution is 7.09. The molecule has 0 aromatic carbocycles. The van der Waals surface area contributed by atoms with Crippen molar-refractivity contribution >= 4 is 17.4 Å². The van der Waals surface area contributed by atoms with Crippen molar-refractivity contribution in [3.8, 4) is 0 Å². The Morgan fingerprint density at radius 2 is 1.96 bits per heavy atom. The van der Waals surface area contributed by atoms with Gasteiger partial charge in [0.15, 0.2) is 0 Å².